The summed E-state index contributed by atoms with van der Waals surface area (Å²) in [4.78, 5) is 23.4. The van der Waals surface area contributed by atoms with Crippen molar-refractivity contribution in [2.24, 2.45) is 13.0 Å². The van der Waals surface area contributed by atoms with Gasteiger partial charge in [-0.3, -0.25) is 0 Å². The number of urea groups is 1. The molecule has 2 unspecified atom stereocenters. The fraction of sp³-hybridized carbons (Fsp3) is 0.588. The van der Waals surface area contributed by atoms with Crippen LogP contribution in [0, 0.1) is 12.8 Å². The van der Waals surface area contributed by atoms with E-state index in [-0.39, 0.29) is 12.1 Å². The van der Waals surface area contributed by atoms with Crippen molar-refractivity contribution in [3.63, 3.8) is 0 Å². The fourth-order valence-corrected chi connectivity index (χ4v) is 3.90. The van der Waals surface area contributed by atoms with Crippen molar-refractivity contribution in [1.29, 1.82) is 0 Å². The first-order chi connectivity index (χ1) is 11.5. The van der Waals surface area contributed by atoms with E-state index in [0.717, 1.165) is 48.9 Å². The maximum absolute atomic E-state index is 12.6. The number of thiazole rings is 1. The topological polar surface area (TPSA) is 63.1 Å². The highest BCUT2D eigenvalue weighted by Gasteiger charge is 2.26. The molecule has 0 bridgehead atoms. The number of aryl methyl sites for hydroxylation is 2. The Morgan fingerprint density at radius 3 is 3.04 bits per heavy atom. The zero-order valence-electron chi connectivity index (χ0n) is 14.5. The minimum Gasteiger partial charge on any atom is -0.338 e. The molecule has 2 amide bonds. The molecular weight excluding hydrogens is 322 g/mol. The van der Waals surface area contributed by atoms with Crippen molar-refractivity contribution in [2.45, 2.75) is 39.2 Å². The number of hydrogen-bond acceptors (Lipinski definition) is 4. The highest BCUT2D eigenvalue weighted by molar-refractivity contribution is 7.09. The Kier molecular flexibility index (Phi) is 5.18. The molecule has 7 heteroatoms. The molecule has 130 valence electrons. The van der Waals surface area contributed by atoms with Crippen LogP contribution in [0.15, 0.2) is 17.8 Å². The Bertz CT molecular complexity index is 695. The lowest BCUT2D eigenvalue weighted by Gasteiger charge is -2.33. The molecule has 24 heavy (non-hydrogen) atoms. The molecule has 1 aliphatic heterocycles. The number of aromatic nitrogens is 3. The Morgan fingerprint density at radius 1 is 1.54 bits per heavy atom. The van der Waals surface area contributed by atoms with E-state index >= 15 is 0 Å². The van der Waals surface area contributed by atoms with Gasteiger partial charge in [-0.05, 0) is 32.6 Å². The average molecular weight is 347 g/mol. The number of piperidine rings is 1. The van der Waals surface area contributed by atoms with Crippen molar-refractivity contribution in [3.05, 3.63) is 34.3 Å². The van der Waals surface area contributed by atoms with Gasteiger partial charge in [0.1, 0.15) is 5.82 Å². The van der Waals surface area contributed by atoms with Gasteiger partial charge in [-0.1, -0.05) is 0 Å². The van der Waals surface area contributed by atoms with Crippen molar-refractivity contribution < 1.29 is 4.79 Å². The lowest BCUT2D eigenvalue weighted by Crippen LogP contribution is -2.46. The van der Waals surface area contributed by atoms with E-state index in [4.69, 9.17) is 0 Å². The molecule has 3 rings (SSSR count). The minimum atomic E-state index is -0.0580. The third kappa shape index (κ3) is 3.95. The number of amides is 2. The van der Waals surface area contributed by atoms with Gasteiger partial charge in [-0.25, -0.2) is 14.8 Å². The molecule has 2 atom stereocenters. The summed E-state index contributed by atoms with van der Waals surface area (Å²) in [6, 6.07) is -0.0462. The molecule has 0 saturated carbocycles. The number of nitrogens with zero attached hydrogens (tertiary/aromatic N) is 4. The Labute approximate surface area is 146 Å². The number of carbonyl (C=O) groups is 1. The van der Waals surface area contributed by atoms with Gasteiger partial charge in [0.2, 0.25) is 0 Å². The van der Waals surface area contributed by atoms with Crippen LogP contribution in [0.3, 0.4) is 0 Å². The van der Waals surface area contributed by atoms with Crippen molar-refractivity contribution in [1.82, 2.24) is 24.8 Å². The van der Waals surface area contributed by atoms with E-state index < -0.39 is 0 Å². The number of rotatable bonds is 4. The molecule has 0 aliphatic carbocycles. The first kappa shape index (κ1) is 17.0. The molecule has 3 heterocycles. The predicted molar refractivity (Wildman–Crippen MR) is 95.0 cm³/mol. The van der Waals surface area contributed by atoms with Crippen LogP contribution < -0.4 is 5.32 Å². The highest BCUT2D eigenvalue weighted by atomic mass is 32.1. The molecule has 2 aromatic rings. The average Bonchev–Trinajstić information content (AvgIpc) is 3.17. The monoisotopic (exact) mass is 347 g/mol. The number of likely N-dealkylation sites (tertiary alicyclic amines) is 1. The van der Waals surface area contributed by atoms with E-state index in [9.17, 15) is 4.79 Å². The predicted octanol–water partition coefficient (Wildman–Crippen LogP) is 2.91. The summed E-state index contributed by atoms with van der Waals surface area (Å²) >= 11 is 1.61. The summed E-state index contributed by atoms with van der Waals surface area (Å²) in [5.74, 6) is 1.57. The molecule has 0 spiro atoms. The first-order valence-electron chi connectivity index (χ1n) is 8.46. The second-order valence-electron chi connectivity index (χ2n) is 6.58. The number of imidazole rings is 1. The van der Waals surface area contributed by atoms with Gasteiger partial charge < -0.3 is 14.8 Å². The van der Waals surface area contributed by atoms with Crippen LogP contribution in [-0.4, -0.2) is 38.6 Å². The number of carbonyl (C=O) groups excluding carboxylic acids is 1. The third-order valence-electron chi connectivity index (χ3n) is 4.62. The van der Waals surface area contributed by atoms with Crippen LogP contribution in [0.2, 0.25) is 0 Å². The summed E-state index contributed by atoms with van der Waals surface area (Å²) < 4.78 is 2.06. The molecular formula is C17H25N5OS. The maximum Gasteiger partial charge on any atom is 0.317 e. The third-order valence-corrected chi connectivity index (χ3v) is 5.41. The van der Waals surface area contributed by atoms with Gasteiger partial charge in [0, 0.05) is 44.3 Å². The van der Waals surface area contributed by atoms with Gasteiger partial charge in [-0.2, -0.15) is 0 Å². The zero-order valence-corrected chi connectivity index (χ0v) is 15.3. The van der Waals surface area contributed by atoms with Gasteiger partial charge in [0.25, 0.3) is 0 Å². The van der Waals surface area contributed by atoms with Crippen molar-refractivity contribution in [2.75, 3.05) is 13.1 Å². The molecule has 2 aromatic heterocycles. The summed E-state index contributed by atoms with van der Waals surface area (Å²) in [7, 11) is 2.02. The smallest absolute Gasteiger partial charge is 0.317 e. The van der Waals surface area contributed by atoms with E-state index in [2.05, 4.69) is 19.9 Å². The highest BCUT2D eigenvalue weighted by Crippen LogP contribution is 2.21. The summed E-state index contributed by atoms with van der Waals surface area (Å²) in [5, 5.41) is 6.12. The molecule has 1 saturated heterocycles. The van der Waals surface area contributed by atoms with Crippen LogP contribution in [0.4, 0.5) is 4.79 Å². The van der Waals surface area contributed by atoms with Crippen molar-refractivity contribution in [3.8, 4) is 0 Å². The molecule has 0 aromatic carbocycles. The number of nitrogens with one attached hydrogen (secondary N) is 1. The molecule has 6 nitrogen and oxygen atoms in total. The zero-order chi connectivity index (χ0) is 17.1. The van der Waals surface area contributed by atoms with Gasteiger partial charge >= 0.3 is 6.03 Å². The van der Waals surface area contributed by atoms with E-state index in [0.29, 0.717) is 5.92 Å². The fourth-order valence-electron chi connectivity index (χ4n) is 3.20. The normalized spacial score (nSPS) is 19.3. The lowest BCUT2D eigenvalue weighted by molar-refractivity contribution is 0.161. The van der Waals surface area contributed by atoms with Crippen LogP contribution in [0.1, 0.15) is 42.3 Å². The Morgan fingerprint density at radius 2 is 2.38 bits per heavy atom. The second kappa shape index (κ2) is 7.34. The van der Waals surface area contributed by atoms with Gasteiger partial charge in [0.05, 0.1) is 16.7 Å². The van der Waals surface area contributed by atoms with Crippen LogP contribution >= 0.6 is 11.3 Å². The number of hydrogen-bond donors (Lipinski definition) is 1. The summed E-state index contributed by atoms with van der Waals surface area (Å²) in [6.07, 6.45) is 6.93. The Balaban J connectivity index is 1.55. The quantitative estimate of drug-likeness (QED) is 0.925. The molecule has 0 radical (unpaired) electrons. The summed E-state index contributed by atoms with van der Waals surface area (Å²) in [5.41, 5.74) is 0.937. The molecule has 1 aliphatic rings. The van der Waals surface area contributed by atoms with Crippen LogP contribution in [0.5, 0.6) is 0 Å². The van der Waals surface area contributed by atoms with Gasteiger partial charge in [0.15, 0.2) is 0 Å². The maximum atomic E-state index is 12.6. The second-order valence-corrected chi connectivity index (χ2v) is 7.64. The molecule has 1 N–H and O–H groups in total. The minimum absolute atomic E-state index is 0.0118. The lowest BCUT2D eigenvalue weighted by atomic mass is 9.94. The van der Waals surface area contributed by atoms with Crippen LogP contribution in [-0.2, 0) is 13.5 Å². The standard InChI is InChI=1S/C17H25N5OS/c1-12(15-11-24-13(2)20-15)19-17(23)22-7-4-5-14(10-22)9-16-18-6-8-21(16)3/h6,8,11-12,14H,4-5,7,9-10H2,1-3H3,(H,19,23). The first-order valence-corrected chi connectivity index (χ1v) is 9.34. The Hall–Kier alpha value is -1.89. The van der Waals surface area contributed by atoms with E-state index in [1.54, 1.807) is 11.3 Å². The van der Waals surface area contributed by atoms with Crippen LogP contribution in [0.25, 0.3) is 0 Å². The van der Waals surface area contributed by atoms with Gasteiger partial charge in [-0.15, -0.1) is 11.3 Å². The van der Waals surface area contributed by atoms with Crippen molar-refractivity contribution >= 4 is 17.4 Å². The summed E-state index contributed by atoms with van der Waals surface area (Å²) in [6.45, 7) is 5.59. The SMILES string of the molecule is Cc1nc(C(C)NC(=O)N2CCCC(Cc3nccn3C)C2)cs1. The largest absolute Gasteiger partial charge is 0.338 e. The van der Waals surface area contributed by atoms with E-state index in [1.165, 1.54) is 0 Å². The molecule has 1 fully saturated rings. The van der Waals surface area contributed by atoms with E-state index in [1.807, 2.05) is 43.6 Å².